The Morgan fingerprint density at radius 1 is 1.10 bits per heavy atom. The zero-order valence-corrected chi connectivity index (χ0v) is 17.7. The van der Waals surface area contributed by atoms with E-state index in [1.165, 1.54) is 5.56 Å². The number of hydrogen-bond acceptors (Lipinski definition) is 6. The second-order valence-corrected chi connectivity index (χ2v) is 9.65. The van der Waals surface area contributed by atoms with Gasteiger partial charge in [-0.2, -0.15) is 4.68 Å². The molecule has 0 atom stereocenters. The molecule has 156 valence electrons. The zero-order chi connectivity index (χ0) is 21.3. The molecular formula is C21H23N5O3S. The van der Waals surface area contributed by atoms with E-state index >= 15 is 0 Å². The Bertz CT molecular complexity index is 1220. The van der Waals surface area contributed by atoms with Crippen LogP contribution >= 0.6 is 0 Å². The summed E-state index contributed by atoms with van der Waals surface area (Å²) in [7, 11) is -3.52. The molecule has 0 spiro atoms. The molecule has 1 amide bonds. The molecule has 0 fully saturated rings. The molecule has 0 unspecified atom stereocenters. The van der Waals surface area contributed by atoms with Crippen molar-refractivity contribution < 1.29 is 13.2 Å². The number of aryl methyl sites for hydroxylation is 4. The van der Waals surface area contributed by atoms with E-state index in [1.54, 1.807) is 35.9 Å². The minimum absolute atomic E-state index is 0.119. The summed E-state index contributed by atoms with van der Waals surface area (Å²) in [6, 6.07) is 10.7. The third-order valence-electron chi connectivity index (χ3n) is 5.37. The predicted molar refractivity (Wildman–Crippen MR) is 112 cm³/mol. The van der Waals surface area contributed by atoms with Crippen molar-refractivity contribution >= 4 is 21.4 Å². The molecule has 9 heteroatoms. The van der Waals surface area contributed by atoms with E-state index in [0.717, 1.165) is 36.1 Å². The lowest BCUT2D eigenvalue weighted by Crippen LogP contribution is -2.18. The third kappa shape index (κ3) is 4.11. The number of nitrogens with one attached hydrogen (secondary N) is 1. The standard InChI is InChI=1S/C21H23N5O3S/c1-14-6-8-18(13-20(14)26-15(2)23-24-25-26)22-21(27)10-11-30(28,29)19-9-7-16-4-3-5-17(16)12-19/h6-9,12-13H,3-5,10-11H2,1-2H3,(H,22,27). The van der Waals surface area contributed by atoms with Crippen LogP contribution < -0.4 is 5.32 Å². The first kappa shape index (κ1) is 20.2. The SMILES string of the molecule is Cc1ccc(NC(=O)CCS(=O)(=O)c2ccc3c(c2)CCC3)cc1-n1nnnc1C. The molecule has 1 aromatic heterocycles. The van der Waals surface area contributed by atoms with E-state index in [4.69, 9.17) is 0 Å². The molecule has 0 saturated heterocycles. The quantitative estimate of drug-likeness (QED) is 0.650. The molecule has 2 aromatic carbocycles. The maximum atomic E-state index is 12.7. The number of fused-ring (bicyclic) bond motifs is 1. The van der Waals surface area contributed by atoms with Crippen LogP contribution in [0, 0.1) is 13.8 Å². The van der Waals surface area contributed by atoms with E-state index in [-0.39, 0.29) is 18.1 Å². The van der Waals surface area contributed by atoms with Gasteiger partial charge in [-0.25, -0.2) is 8.42 Å². The largest absolute Gasteiger partial charge is 0.326 e. The minimum Gasteiger partial charge on any atom is -0.326 e. The fourth-order valence-corrected chi connectivity index (χ4v) is 4.97. The van der Waals surface area contributed by atoms with Gasteiger partial charge in [0.1, 0.15) is 0 Å². The number of benzene rings is 2. The van der Waals surface area contributed by atoms with Gasteiger partial charge in [0, 0.05) is 12.1 Å². The van der Waals surface area contributed by atoms with Gasteiger partial charge in [-0.15, -0.1) is 5.10 Å². The highest BCUT2D eigenvalue weighted by Crippen LogP contribution is 2.25. The first-order valence-electron chi connectivity index (χ1n) is 9.84. The number of carbonyl (C=O) groups excluding carboxylic acids is 1. The second-order valence-electron chi connectivity index (χ2n) is 7.54. The first-order valence-corrected chi connectivity index (χ1v) is 11.5. The number of nitrogens with zero attached hydrogens (tertiary/aromatic N) is 4. The van der Waals surface area contributed by atoms with Gasteiger partial charge in [0.2, 0.25) is 5.91 Å². The van der Waals surface area contributed by atoms with Crippen LogP contribution in [0.2, 0.25) is 0 Å². The Labute approximate surface area is 175 Å². The maximum absolute atomic E-state index is 12.7. The lowest BCUT2D eigenvalue weighted by Gasteiger charge is -2.11. The molecule has 0 saturated carbocycles. The summed E-state index contributed by atoms with van der Waals surface area (Å²) < 4.78 is 26.9. The van der Waals surface area contributed by atoms with Crippen LogP contribution in [0.15, 0.2) is 41.3 Å². The monoisotopic (exact) mass is 425 g/mol. The van der Waals surface area contributed by atoms with Crippen LogP contribution in [-0.2, 0) is 27.5 Å². The second kappa shape index (κ2) is 7.98. The number of tetrazole rings is 1. The van der Waals surface area contributed by atoms with E-state index in [2.05, 4.69) is 20.8 Å². The summed E-state index contributed by atoms with van der Waals surface area (Å²) in [4.78, 5) is 12.7. The van der Waals surface area contributed by atoms with Gasteiger partial charge in [0.15, 0.2) is 15.7 Å². The van der Waals surface area contributed by atoms with Crippen molar-refractivity contribution in [3.05, 3.63) is 58.9 Å². The molecule has 1 aliphatic rings. The summed E-state index contributed by atoms with van der Waals surface area (Å²) in [5.74, 6) is 0.0348. The molecule has 1 aliphatic carbocycles. The van der Waals surface area contributed by atoms with Crippen molar-refractivity contribution in [2.24, 2.45) is 0 Å². The van der Waals surface area contributed by atoms with Crippen molar-refractivity contribution in [1.29, 1.82) is 0 Å². The Balaban J connectivity index is 1.43. The summed E-state index contributed by atoms with van der Waals surface area (Å²) in [6.45, 7) is 3.71. The molecule has 1 heterocycles. The molecule has 1 N–H and O–H groups in total. The number of aromatic nitrogens is 4. The van der Waals surface area contributed by atoms with E-state index in [0.29, 0.717) is 16.4 Å². The number of sulfone groups is 1. The van der Waals surface area contributed by atoms with Crippen LogP contribution in [0.4, 0.5) is 5.69 Å². The number of anilines is 1. The van der Waals surface area contributed by atoms with Gasteiger partial charge >= 0.3 is 0 Å². The average molecular weight is 426 g/mol. The van der Waals surface area contributed by atoms with Gasteiger partial charge in [-0.05, 0) is 84.5 Å². The average Bonchev–Trinajstić information content (AvgIpc) is 3.36. The number of rotatable bonds is 6. The highest BCUT2D eigenvalue weighted by Gasteiger charge is 2.20. The lowest BCUT2D eigenvalue weighted by atomic mass is 10.1. The van der Waals surface area contributed by atoms with E-state index in [9.17, 15) is 13.2 Å². The molecule has 4 rings (SSSR count). The van der Waals surface area contributed by atoms with Crippen molar-refractivity contribution in [3.8, 4) is 5.69 Å². The summed E-state index contributed by atoms with van der Waals surface area (Å²) in [6.07, 6.45) is 2.85. The molecular weight excluding hydrogens is 402 g/mol. The third-order valence-corrected chi connectivity index (χ3v) is 7.09. The van der Waals surface area contributed by atoms with Crippen molar-refractivity contribution in [3.63, 3.8) is 0 Å². The van der Waals surface area contributed by atoms with Crippen LogP contribution in [0.25, 0.3) is 5.69 Å². The summed E-state index contributed by atoms with van der Waals surface area (Å²) >= 11 is 0. The van der Waals surface area contributed by atoms with Gasteiger partial charge < -0.3 is 5.32 Å². The molecule has 30 heavy (non-hydrogen) atoms. The zero-order valence-electron chi connectivity index (χ0n) is 16.9. The van der Waals surface area contributed by atoms with E-state index < -0.39 is 9.84 Å². The number of hydrogen-bond donors (Lipinski definition) is 1. The van der Waals surface area contributed by atoms with Crippen LogP contribution in [0.3, 0.4) is 0 Å². The Kier molecular flexibility index (Phi) is 5.38. The maximum Gasteiger partial charge on any atom is 0.225 e. The molecule has 0 bridgehead atoms. The van der Waals surface area contributed by atoms with Gasteiger partial charge in [0.25, 0.3) is 0 Å². The van der Waals surface area contributed by atoms with Crippen molar-refractivity contribution in [1.82, 2.24) is 20.2 Å². The molecule has 3 aromatic rings. The molecule has 0 radical (unpaired) electrons. The highest BCUT2D eigenvalue weighted by atomic mass is 32.2. The predicted octanol–water partition coefficient (Wildman–Crippen LogP) is 2.57. The minimum atomic E-state index is -3.52. The normalized spacial score (nSPS) is 13.3. The lowest BCUT2D eigenvalue weighted by molar-refractivity contribution is -0.115. The summed E-state index contributed by atoms with van der Waals surface area (Å²) in [5.41, 5.74) is 4.58. The fourth-order valence-electron chi connectivity index (χ4n) is 3.68. The van der Waals surface area contributed by atoms with Gasteiger partial charge in [-0.1, -0.05) is 12.1 Å². The van der Waals surface area contributed by atoms with Crippen LogP contribution in [-0.4, -0.2) is 40.3 Å². The smallest absolute Gasteiger partial charge is 0.225 e. The van der Waals surface area contributed by atoms with Gasteiger partial charge in [-0.3, -0.25) is 4.79 Å². The Morgan fingerprint density at radius 2 is 1.90 bits per heavy atom. The first-order chi connectivity index (χ1) is 14.3. The number of carbonyl (C=O) groups is 1. The Hall–Kier alpha value is -3.07. The number of amides is 1. The Morgan fingerprint density at radius 3 is 2.67 bits per heavy atom. The summed E-state index contributed by atoms with van der Waals surface area (Å²) in [5, 5.41) is 14.3. The van der Waals surface area contributed by atoms with Crippen molar-refractivity contribution in [2.75, 3.05) is 11.1 Å². The van der Waals surface area contributed by atoms with Crippen LogP contribution in [0.1, 0.15) is 35.4 Å². The fraction of sp³-hybridized carbons (Fsp3) is 0.333. The highest BCUT2D eigenvalue weighted by molar-refractivity contribution is 7.91. The molecule has 0 aliphatic heterocycles. The van der Waals surface area contributed by atoms with Crippen LogP contribution in [0.5, 0.6) is 0 Å². The van der Waals surface area contributed by atoms with Crippen molar-refractivity contribution in [2.45, 2.75) is 44.4 Å². The van der Waals surface area contributed by atoms with E-state index in [1.807, 2.05) is 19.1 Å². The topological polar surface area (TPSA) is 107 Å². The molecule has 8 nitrogen and oxygen atoms in total. The van der Waals surface area contributed by atoms with Gasteiger partial charge in [0.05, 0.1) is 16.3 Å².